The molecule has 24 heavy (non-hydrogen) atoms. The van der Waals surface area contributed by atoms with E-state index in [0.717, 1.165) is 6.42 Å². The average Bonchev–Trinajstić information content (AvgIpc) is 2.51. The summed E-state index contributed by atoms with van der Waals surface area (Å²) in [5, 5.41) is 0. The van der Waals surface area contributed by atoms with Crippen LogP contribution in [-0.4, -0.2) is 0 Å². The van der Waals surface area contributed by atoms with Gasteiger partial charge in [0.2, 0.25) is 0 Å². The fourth-order valence-electron chi connectivity index (χ4n) is 3.54. The summed E-state index contributed by atoms with van der Waals surface area (Å²) in [5.74, 6) is 0.573. The lowest BCUT2D eigenvalue weighted by Gasteiger charge is -2.29. The Kier molecular flexibility index (Phi) is 5.28. The Morgan fingerprint density at radius 3 is 1.83 bits per heavy atom. The predicted octanol–water partition coefficient (Wildman–Crippen LogP) is 7.40. The molecule has 130 valence electrons. The van der Waals surface area contributed by atoms with E-state index in [1.54, 1.807) is 0 Å². The molecule has 0 bridgehead atoms. The van der Waals surface area contributed by atoms with Gasteiger partial charge in [0.25, 0.3) is 0 Å². The molecule has 0 aliphatic carbocycles. The van der Waals surface area contributed by atoms with Gasteiger partial charge >= 0.3 is 0 Å². The summed E-state index contributed by atoms with van der Waals surface area (Å²) in [6, 6.07) is 9.62. The van der Waals surface area contributed by atoms with Gasteiger partial charge in [-0.2, -0.15) is 0 Å². The van der Waals surface area contributed by atoms with Crippen molar-refractivity contribution in [2.45, 2.75) is 80.1 Å². The van der Waals surface area contributed by atoms with Crippen LogP contribution in [0.15, 0.2) is 24.3 Å². The molecule has 2 aromatic rings. The highest BCUT2D eigenvalue weighted by molar-refractivity contribution is 5.74. The topological polar surface area (TPSA) is 0 Å². The Morgan fingerprint density at radius 2 is 1.29 bits per heavy atom. The number of aryl methyl sites for hydroxylation is 4. The molecule has 0 saturated heterocycles. The van der Waals surface area contributed by atoms with Crippen molar-refractivity contribution in [3.63, 3.8) is 0 Å². The van der Waals surface area contributed by atoms with Crippen LogP contribution in [0.3, 0.4) is 0 Å². The molecule has 0 aliphatic rings. The van der Waals surface area contributed by atoms with Gasteiger partial charge in [0.1, 0.15) is 0 Å². The second kappa shape index (κ2) is 6.75. The first-order valence-corrected chi connectivity index (χ1v) is 9.31. The van der Waals surface area contributed by atoms with Crippen molar-refractivity contribution in [1.29, 1.82) is 0 Å². The molecule has 2 aromatic carbocycles. The number of hydrogen-bond donors (Lipinski definition) is 0. The van der Waals surface area contributed by atoms with Gasteiger partial charge in [0.05, 0.1) is 0 Å². The summed E-state index contributed by atoms with van der Waals surface area (Å²) in [6.07, 6.45) is 1.14. The number of hydrogen-bond acceptors (Lipinski definition) is 0. The lowest BCUT2D eigenvalue weighted by Crippen LogP contribution is -2.17. The average molecular weight is 323 g/mol. The van der Waals surface area contributed by atoms with E-state index in [0.29, 0.717) is 5.92 Å². The third-order valence-electron chi connectivity index (χ3n) is 5.77. The van der Waals surface area contributed by atoms with Crippen molar-refractivity contribution in [1.82, 2.24) is 0 Å². The van der Waals surface area contributed by atoms with Gasteiger partial charge < -0.3 is 0 Å². The van der Waals surface area contributed by atoms with E-state index in [-0.39, 0.29) is 5.41 Å². The second-order valence-electron chi connectivity index (χ2n) is 8.40. The van der Waals surface area contributed by atoms with Crippen molar-refractivity contribution in [2.24, 2.45) is 0 Å². The molecule has 0 N–H and O–H groups in total. The molecule has 0 nitrogen and oxygen atoms in total. The van der Waals surface area contributed by atoms with Gasteiger partial charge in [-0.25, -0.2) is 0 Å². The molecule has 0 heterocycles. The Labute approximate surface area is 149 Å². The van der Waals surface area contributed by atoms with Gasteiger partial charge in [-0.15, -0.1) is 0 Å². The lowest BCUT2D eigenvalue weighted by atomic mass is 9.76. The van der Waals surface area contributed by atoms with Crippen LogP contribution in [0.5, 0.6) is 0 Å². The molecule has 0 radical (unpaired) electrons. The highest BCUT2D eigenvalue weighted by Gasteiger charge is 2.24. The summed E-state index contributed by atoms with van der Waals surface area (Å²) in [4.78, 5) is 0. The lowest BCUT2D eigenvalue weighted by molar-refractivity contribution is 0.507. The molecule has 0 heteroatoms. The fourth-order valence-corrected chi connectivity index (χ4v) is 3.54. The first-order valence-electron chi connectivity index (χ1n) is 9.31. The van der Waals surface area contributed by atoms with Crippen LogP contribution in [0, 0.1) is 27.7 Å². The quantitative estimate of drug-likeness (QED) is 0.550. The van der Waals surface area contributed by atoms with Crippen LogP contribution in [0.2, 0.25) is 0 Å². The van der Waals surface area contributed by atoms with E-state index >= 15 is 0 Å². The van der Waals surface area contributed by atoms with E-state index in [4.69, 9.17) is 0 Å². The highest BCUT2D eigenvalue weighted by atomic mass is 14.3. The third kappa shape index (κ3) is 3.43. The predicted molar refractivity (Wildman–Crippen MR) is 108 cm³/mol. The van der Waals surface area contributed by atoms with Crippen LogP contribution in [0.1, 0.15) is 80.3 Å². The zero-order valence-corrected chi connectivity index (χ0v) is 17.1. The smallest absolute Gasteiger partial charge is 0.00999 e. The Bertz CT molecular complexity index is 745. The minimum absolute atomic E-state index is 0.185. The Balaban J connectivity index is 2.77. The van der Waals surface area contributed by atoms with E-state index in [1.807, 2.05) is 0 Å². The zero-order chi connectivity index (χ0) is 18.2. The summed E-state index contributed by atoms with van der Waals surface area (Å²) in [5.41, 5.74) is 11.5. The summed E-state index contributed by atoms with van der Waals surface area (Å²) >= 11 is 0. The highest BCUT2D eigenvalue weighted by Crippen LogP contribution is 2.39. The van der Waals surface area contributed by atoms with Crippen molar-refractivity contribution in [3.8, 4) is 11.1 Å². The van der Waals surface area contributed by atoms with Crippen LogP contribution in [0.25, 0.3) is 11.1 Å². The SMILES string of the molecule is CCC(C)(C)c1cc(C)c(C)cc1-c1cc(C)c(C(C)C)cc1C. The second-order valence-corrected chi connectivity index (χ2v) is 8.40. The van der Waals surface area contributed by atoms with E-state index in [2.05, 4.69) is 86.6 Å². The third-order valence-corrected chi connectivity index (χ3v) is 5.77. The zero-order valence-electron chi connectivity index (χ0n) is 17.1. The Morgan fingerprint density at radius 1 is 0.750 bits per heavy atom. The van der Waals surface area contributed by atoms with Crippen LogP contribution >= 0.6 is 0 Å². The monoisotopic (exact) mass is 322 g/mol. The molecular weight excluding hydrogens is 288 g/mol. The van der Waals surface area contributed by atoms with Gasteiger partial charge in [-0.05, 0) is 90.0 Å². The maximum absolute atomic E-state index is 2.42. The van der Waals surface area contributed by atoms with Gasteiger partial charge in [-0.3, -0.25) is 0 Å². The van der Waals surface area contributed by atoms with E-state index in [9.17, 15) is 0 Å². The van der Waals surface area contributed by atoms with Crippen LogP contribution in [0.4, 0.5) is 0 Å². The first-order chi connectivity index (χ1) is 11.1. The normalized spacial score (nSPS) is 12.1. The molecule has 0 aliphatic heterocycles. The van der Waals surface area contributed by atoms with Crippen molar-refractivity contribution < 1.29 is 0 Å². The van der Waals surface area contributed by atoms with Crippen molar-refractivity contribution >= 4 is 0 Å². The van der Waals surface area contributed by atoms with Gasteiger partial charge in [-0.1, -0.05) is 58.9 Å². The molecular formula is C24H34. The van der Waals surface area contributed by atoms with E-state index < -0.39 is 0 Å². The minimum Gasteiger partial charge on any atom is -0.0646 e. The summed E-state index contributed by atoms with van der Waals surface area (Å²) in [7, 11) is 0. The molecule has 2 rings (SSSR count). The number of benzene rings is 2. The van der Waals surface area contributed by atoms with Crippen LogP contribution in [-0.2, 0) is 5.41 Å². The molecule has 0 fully saturated rings. The Hall–Kier alpha value is -1.56. The maximum atomic E-state index is 2.42. The largest absolute Gasteiger partial charge is 0.0646 e. The fraction of sp³-hybridized carbons (Fsp3) is 0.500. The minimum atomic E-state index is 0.185. The maximum Gasteiger partial charge on any atom is -0.00999 e. The first kappa shape index (κ1) is 18.8. The summed E-state index contributed by atoms with van der Waals surface area (Å²) < 4.78 is 0. The van der Waals surface area contributed by atoms with Crippen molar-refractivity contribution in [3.05, 3.63) is 57.6 Å². The standard InChI is InChI=1S/C24H34/c1-10-24(8,9)23-14-17(5)16(4)11-22(23)21-13-18(6)20(15(2)3)12-19(21)7/h11-15H,10H2,1-9H3. The van der Waals surface area contributed by atoms with Gasteiger partial charge in [0, 0.05) is 0 Å². The van der Waals surface area contributed by atoms with E-state index in [1.165, 1.54) is 44.5 Å². The summed E-state index contributed by atoms with van der Waals surface area (Å²) in [6.45, 7) is 20.6. The van der Waals surface area contributed by atoms with Crippen LogP contribution < -0.4 is 0 Å². The van der Waals surface area contributed by atoms with Crippen molar-refractivity contribution in [2.75, 3.05) is 0 Å². The molecule has 0 saturated carbocycles. The van der Waals surface area contributed by atoms with Gasteiger partial charge in [0.15, 0.2) is 0 Å². The molecule has 0 aromatic heterocycles. The molecule has 0 atom stereocenters. The molecule has 0 spiro atoms. The number of rotatable bonds is 4. The molecule has 0 unspecified atom stereocenters. The molecule has 0 amide bonds.